The summed E-state index contributed by atoms with van der Waals surface area (Å²) in [7, 11) is -4.62. The van der Waals surface area contributed by atoms with Crippen molar-refractivity contribution < 1.29 is 26.0 Å². The molecule has 2 aromatic rings. The summed E-state index contributed by atoms with van der Waals surface area (Å²) in [6.45, 7) is -0.0335. The van der Waals surface area contributed by atoms with Crippen LogP contribution in [-0.4, -0.2) is 66.2 Å². The Morgan fingerprint density at radius 2 is 1.61 bits per heavy atom. The van der Waals surface area contributed by atoms with E-state index in [1.54, 1.807) is 23.9 Å². The number of amides is 1. The fraction of sp³-hybridized carbons (Fsp3) is 0.381. The Hall–Kier alpha value is -2.15. The van der Waals surface area contributed by atoms with E-state index in [1.165, 1.54) is 50.5 Å². The van der Waals surface area contributed by atoms with Crippen LogP contribution in [0.2, 0.25) is 0 Å². The average molecular weight is 518 g/mol. The minimum absolute atomic E-state index is 0.0206. The molecule has 0 spiro atoms. The molecule has 0 aliphatic carbocycles. The number of sulfonamides is 2. The van der Waals surface area contributed by atoms with E-state index in [0.717, 1.165) is 31.9 Å². The molecule has 2 aromatic carbocycles. The highest BCUT2D eigenvalue weighted by Crippen LogP contribution is 2.21. The van der Waals surface area contributed by atoms with Gasteiger partial charge in [-0.3, -0.25) is 9.10 Å². The molecule has 12 heteroatoms. The average Bonchev–Trinajstić information content (AvgIpc) is 2.75. The maximum Gasteiger partial charge on any atom is 0.242 e. The second kappa shape index (κ2) is 11.8. The number of carbonyl (C=O) groups is 1. The summed E-state index contributed by atoms with van der Waals surface area (Å²) < 4.78 is 63.7. The lowest BCUT2D eigenvalue weighted by molar-refractivity contribution is -0.119. The Kier molecular flexibility index (Phi) is 9.70. The number of anilines is 1. The van der Waals surface area contributed by atoms with Crippen LogP contribution in [0, 0.1) is 5.82 Å². The van der Waals surface area contributed by atoms with Gasteiger partial charge in [-0.05, 0) is 54.1 Å². The number of nitrogens with one attached hydrogen (secondary N) is 1. The monoisotopic (exact) mass is 517 g/mol. The fourth-order valence-electron chi connectivity index (χ4n) is 2.75. The first-order valence-electron chi connectivity index (χ1n) is 10.0. The molecule has 1 N–H and O–H groups in total. The van der Waals surface area contributed by atoms with Crippen molar-refractivity contribution in [3.05, 3.63) is 59.9 Å². The number of nitrogens with zero attached hydrogens (tertiary/aromatic N) is 2. The molecule has 0 fully saturated rings. The van der Waals surface area contributed by atoms with E-state index >= 15 is 0 Å². The molecule has 0 aliphatic rings. The van der Waals surface area contributed by atoms with Crippen molar-refractivity contribution in [1.29, 1.82) is 0 Å². The van der Waals surface area contributed by atoms with Crippen LogP contribution in [0.25, 0.3) is 0 Å². The number of halogens is 1. The van der Waals surface area contributed by atoms with Gasteiger partial charge in [-0.2, -0.15) is 11.8 Å². The normalized spacial score (nSPS) is 12.0. The maximum atomic E-state index is 12.9. The Morgan fingerprint density at radius 1 is 1.00 bits per heavy atom. The van der Waals surface area contributed by atoms with E-state index in [2.05, 4.69) is 5.32 Å². The zero-order valence-electron chi connectivity index (χ0n) is 18.7. The van der Waals surface area contributed by atoms with Gasteiger partial charge in [0.2, 0.25) is 26.0 Å². The predicted octanol–water partition coefficient (Wildman–Crippen LogP) is 2.28. The first kappa shape index (κ1) is 27.1. The number of thioether (sulfide) groups is 1. The van der Waals surface area contributed by atoms with E-state index in [4.69, 9.17) is 0 Å². The van der Waals surface area contributed by atoms with Crippen LogP contribution in [0.3, 0.4) is 0 Å². The zero-order valence-corrected chi connectivity index (χ0v) is 21.1. The third-order valence-corrected chi connectivity index (χ3v) is 8.65. The molecule has 0 heterocycles. The van der Waals surface area contributed by atoms with E-state index in [1.807, 2.05) is 0 Å². The first-order valence-corrected chi connectivity index (χ1v) is 14.4. The van der Waals surface area contributed by atoms with Crippen LogP contribution in [0.1, 0.15) is 12.0 Å². The van der Waals surface area contributed by atoms with Crippen LogP contribution in [0.5, 0.6) is 0 Å². The minimum Gasteiger partial charge on any atom is -0.354 e. The summed E-state index contributed by atoms with van der Waals surface area (Å²) in [5.41, 5.74) is 1.21. The van der Waals surface area contributed by atoms with E-state index in [0.29, 0.717) is 13.0 Å². The van der Waals surface area contributed by atoms with Crippen molar-refractivity contribution >= 4 is 43.4 Å². The highest BCUT2D eigenvalue weighted by atomic mass is 32.2. The van der Waals surface area contributed by atoms with Crippen molar-refractivity contribution in [1.82, 2.24) is 9.62 Å². The lowest BCUT2D eigenvalue weighted by Crippen LogP contribution is -2.40. The third kappa shape index (κ3) is 8.29. The molecule has 2 rings (SSSR count). The Balaban J connectivity index is 1.87. The molecular formula is C21H28FN3O5S3. The van der Waals surface area contributed by atoms with Crippen molar-refractivity contribution in [2.24, 2.45) is 0 Å². The van der Waals surface area contributed by atoms with E-state index < -0.39 is 32.5 Å². The van der Waals surface area contributed by atoms with Gasteiger partial charge in [0.05, 0.1) is 16.8 Å². The van der Waals surface area contributed by atoms with Gasteiger partial charge in [0.1, 0.15) is 12.4 Å². The Labute approximate surface area is 199 Å². The maximum absolute atomic E-state index is 12.9. The third-order valence-electron chi connectivity index (χ3n) is 4.56. The van der Waals surface area contributed by atoms with Gasteiger partial charge >= 0.3 is 0 Å². The summed E-state index contributed by atoms with van der Waals surface area (Å²) >= 11 is 1.65. The molecule has 8 nitrogen and oxygen atoms in total. The van der Waals surface area contributed by atoms with Crippen LogP contribution in [-0.2, 0) is 30.6 Å². The lowest BCUT2D eigenvalue weighted by atomic mass is 10.2. The van der Waals surface area contributed by atoms with Gasteiger partial charge < -0.3 is 5.32 Å². The van der Waals surface area contributed by atoms with Crippen molar-refractivity contribution in [2.75, 3.05) is 43.5 Å². The fourth-order valence-corrected chi connectivity index (χ4v) is 5.43. The summed E-state index contributed by atoms with van der Waals surface area (Å²) in [6, 6.07) is 11.6. The molecule has 0 unspecified atom stereocenters. The largest absolute Gasteiger partial charge is 0.354 e. The minimum atomic E-state index is -3.77. The Morgan fingerprint density at radius 3 is 2.15 bits per heavy atom. The number of carbonyl (C=O) groups excluding carboxylic acids is 1. The molecular weight excluding hydrogens is 489 g/mol. The number of hydrogen-bond donors (Lipinski definition) is 1. The second-order valence-corrected chi connectivity index (χ2v) is 12.6. The summed E-state index contributed by atoms with van der Waals surface area (Å²) in [4.78, 5) is 12.3. The molecule has 182 valence electrons. The standard InChI is InChI=1S/C21H28FN3O5S3/c1-24(2)33(29,30)20-11-9-19(10-12-20)25(32(3,27)28)15-21(26)23-13-4-14-31-16-17-5-7-18(22)8-6-17/h5-12H,4,13-16H2,1-3H3,(H,23,26). The molecule has 1 amide bonds. The van der Waals surface area contributed by atoms with Crippen molar-refractivity contribution in [3.8, 4) is 0 Å². The van der Waals surface area contributed by atoms with Gasteiger partial charge in [0, 0.05) is 26.4 Å². The van der Waals surface area contributed by atoms with Crippen LogP contribution in [0.15, 0.2) is 53.4 Å². The van der Waals surface area contributed by atoms with Crippen molar-refractivity contribution in [2.45, 2.75) is 17.1 Å². The van der Waals surface area contributed by atoms with Gasteiger partial charge in [0.15, 0.2) is 0 Å². The zero-order chi connectivity index (χ0) is 24.6. The SMILES string of the molecule is CN(C)S(=O)(=O)c1ccc(N(CC(=O)NCCCSCc2ccc(F)cc2)S(C)(=O)=O)cc1. The second-order valence-electron chi connectivity index (χ2n) is 7.43. The molecule has 0 aromatic heterocycles. The molecule has 0 atom stereocenters. The molecule has 33 heavy (non-hydrogen) atoms. The molecule has 0 saturated heterocycles. The van der Waals surface area contributed by atoms with E-state index in [9.17, 15) is 26.0 Å². The van der Waals surface area contributed by atoms with Gasteiger partial charge in [-0.1, -0.05) is 12.1 Å². The smallest absolute Gasteiger partial charge is 0.242 e. The lowest BCUT2D eigenvalue weighted by Gasteiger charge is -2.22. The molecule has 0 bridgehead atoms. The molecule has 0 aliphatic heterocycles. The predicted molar refractivity (Wildman–Crippen MR) is 130 cm³/mol. The van der Waals surface area contributed by atoms with Gasteiger partial charge in [-0.15, -0.1) is 0 Å². The quantitative estimate of drug-likeness (QED) is 0.433. The number of benzene rings is 2. The Bertz CT molecular complexity index is 1140. The highest BCUT2D eigenvalue weighted by molar-refractivity contribution is 7.98. The topological polar surface area (TPSA) is 104 Å². The summed E-state index contributed by atoms with van der Waals surface area (Å²) in [6.07, 6.45) is 1.67. The van der Waals surface area contributed by atoms with Crippen LogP contribution < -0.4 is 9.62 Å². The van der Waals surface area contributed by atoms with E-state index in [-0.39, 0.29) is 16.4 Å². The highest BCUT2D eigenvalue weighted by Gasteiger charge is 2.22. The number of rotatable bonds is 12. The molecule has 0 saturated carbocycles. The van der Waals surface area contributed by atoms with Crippen LogP contribution in [0.4, 0.5) is 10.1 Å². The van der Waals surface area contributed by atoms with Crippen LogP contribution >= 0.6 is 11.8 Å². The van der Waals surface area contributed by atoms with Crippen molar-refractivity contribution in [3.63, 3.8) is 0 Å². The molecule has 0 radical (unpaired) electrons. The summed E-state index contributed by atoms with van der Waals surface area (Å²) in [5, 5.41) is 2.70. The first-order chi connectivity index (χ1) is 15.4. The van der Waals surface area contributed by atoms with Gasteiger partial charge in [-0.25, -0.2) is 25.5 Å². The number of hydrogen-bond acceptors (Lipinski definition) is 6. The van der Waals surface area contributed by atoms with Gasteiger partial charge in [0.25, 0.3) is 0 Å². The summed E-state index contributed by atoms with van der Waals surface area (Å²) in [5.74, 6) is 0.767.